The van der Waals surface area contributed by atoms with Crippen LogP contribution in [0.15, 0.2) is 77.6 Å². The molecule has 0 saturated heterocycles. The summed E-state index contributed by atoms with van der Waals surface area (Å²) in [5.74, 6) is -0.468. The minimum Gasteiger partial charge on any atom is -0.494 e. The molecule has 5 heteroatoms. The fraction of sp³-hybridized carbons (Fsp3) is 0.357. The van der Waals surface area contributed by atoms with Gasteiger partial charge in [0.25, 0.3) is 0 Å². The van der Waals surface area contributed by atoms with Gasteiger partial charge >= 0.3 is 5.97 Å². The van der Waals surface area contributed by atoms with Crippen molar-refractivity contribution in [2.75, 3.05) is 6.61 Å². The van der Waals surface area contributed by atoms with E-state index in [1.165, 1.54) is 0 Å². The number of esters is 1. The van der Waals surface area contributed by atoms with Gasteiger partial charge in [-0.15, -0.1) is 0 Å². The Morgan fingerprint density at radius 2 is 1.85 bits per heavy atom. The maximum atomic E-state index is 13.4. The lowest BCUT2D eigenvalue weighted by atomic mass is 9.66. The first kappa shape index (κ1) is 22.8. The number of fused-ring (bicyclic) bond motifs is 1. The Morgan fingerprint density at radius 1 is 1.09 bits per heavy atom. The lowest BCUT2D eigenvalue weighted by molar-refractivity contribution is -0.141. The zero-order valence-corrected chi connectivity index (χ0v) is 19.7. The smallest absolute Gasteiger partial charge is 0.336 e. The van der Waals surface area contributed by atoms with Crippen LogP contribution in [-0.2, 0) is 20.9 Å². The Hall–Kier alpha value is -3.34. The molecule has 2 unspecified atom stereocenters. The lowest BCUT2D eigenvalue weighted by Gasteiger charge is -2.41. The normalized spacial score (nSPS) is 21.6. The van der Waals surface area contributed by atoms with Gasteiger partial charge in [-0.25, -0.2) is 4.79 Å². The van der Waals surface area contributed by atoms with E-state index >= 15 is 0 Å². The first-order valence-corrected chi connectivity index (χ1v) is 11.5. The molecule has 1 heterocycles. The maximum absolute atomic E-state index is 13.4. The molecule has 1 aliphatic heterocycles. The highest BCUT2D eigenvalue weighted by Crippen LogP contribution is 2.47. The zero-order chi connectivity index (χ0) is 23.6. The number of carbonyl (C=O) groups is 2. The molecule has 0 radical (unpaired) electrons. The van der Waals surface area contributed by atoms with Crippen LogP contribution in [-0.4, -0.2) is 18.4 Å². The number of hydrogen-bond acceptors (Lipinski definition) is 5. The summed E-state index contributed by atoms with van der Waals surface area (Å²) < 4.78 is 11.4. The van der Waals surface area contributed by atoms with Crippen molar-refractivity contribution in [3.05, 3.63) is 88.8 Å². The molecule has 0 aromatic heterocycles. The average molecular weight is 446 g/mol. The molecule has 33 heavy (non-hydrogen) atoms. The molecule has 0 bridgehead atoms. The molecule has 4 rings (SSSR count). The van der Waals surface area contributed by atoms with Crippen LogP contribution in [0.2, 0.25) is 0 Å². The van der Waals surface area contributed by atoms with E-state index in [2.05, 4.69) is 25.2 Å². The molecule has 2 atom stereocenters. The number of benzene rings is 2. The fourth-order valence-corrected chi connectivity index (χ4v) is 4.86. The van der Waals surface area contributed by atoms with Crippen molar-refractivity contribution in [1.82, 2.24) is 5.32 Å². The van der Waals surface area contributed by atoms with E-state index in [-0.39, 0.29) is 17.8 Å². The Balaban J connectivity index is 1.76. The summed E-state index contributed by atoms with van der Waals surface area (Å²) in [6.45, 7) is 8.64. The van der Waals surface area contributed by atoms with Gasteiger partial charge in [-0.2, -0.15) is 0 Å². The molecule has 0 spiro atoms. The van der Waals surface area contributed by atoms with Crippen molar-refractivity contribution in [2.24, 2.45) is 11.3 Å². The molecule has 2 aromatic rings. The van der Waals surface area contributed by atoms with Crippen molar-refractivity contribution in [3.8, 4) is 5.75 Å². The minimum atomic E-state index is -0.460. The van der Waals surface area contributed by atoms with E-state index in [9.17, 15) is 9.59 Å². The van der Waals surface area contributed by atoms with Crippen LogP contribution in [0.3, 0.4) is 0 Å². The lowest BCUT2D eigenvalue weighted by Crippen LogP contribution is -2.43. The monoisotopic (exact) mass is 445 g/mol. The molecule has 0 fully saturated rings. The molecule has 2 aliphatic rings. The van der Waals surface area contributed by atoms with Crippen LogP contribution in [0.5, 0.6) is 5.75 Å². The summed E-state index contributed by atoms with van der Waals surface area (Å²) in [6.07, 6.45) is 2.56. The number of ether oxygens (including phenoxy) is 2. The first-order chi connectivity index (χ1) is 15.8. The van der Waals surface area contributed by atoms with E-state index < -0.39 is 17.8 Å². The predicted molar refractivity (Wildman–Crippen MR) is 127 cm³/mol. The van der Waals surface area contributed by atoms with Gasteiger partial charge in [0.2, 0.25) is 0 Å². The second-order valence-corrected chi connectivity index (χ2v) is 9.42. The second kappa shape index (κ2) is 9.26. The van der Waals surface area contributed by atoms with Gasteiger partial charge in [-0.1, -0.05) is 62.4 Å². The largest absolute Gasteiger partial charge is 0.494 e. The third kappa shape index (κ3) is 4.87. The molecular weight excluding hydrogens is 414 g/mol. The number of nitrogens with one attached hydrogen (secondary N) is 1. The second-order valence-electron chi connectivity index (χ2n) is 9.42. The summed E-state index contributed by atoms with van der Waals surface area (Å²) in [5, 5.41) is 3.36. The molecule has 0 amide bonds. The van der Waals surface area contributed by atoms with Crippen molar-refractivity contribution in [3.63, 3.8) is 0 Å². The standard InChI is InChI=1S/C28H31NO4/c1-5-32-21-13-9-12-20(14-21)25-24(27(31)33-17-19-10-7-6-8-11-19)18(2)29-22-15-28(3,4)16-23(30)26(22)25/h6-15,25-26,29H,5,16-17H2,1-4H3. The SMILES string of the molecule is CCOc1cccc(C2C(C(=O)OCc3ccccc3)=C(C)NC3=CC(C)(C)CC(=O)C32)c1. The average Bonchev–Trinajstić information content (AvgIpc) is 2.77. The van der Waals surface area contributed by atoms with E-state index in [0.29, 0.717) is 24.3 Å². The molecule has 1 aliphatic carbocycles. The summed E-state index contributed by atoms with van der Waals surface area (Å²) in [5.41, 5.74) is 3.62. The highest BCUT2D eigenvalue weighted by molar-refractivity contribution is 5.96. The Kier molecular flexibility index (Phi) is 6.41. The highest BCUT2D eigenvalue weighted by atomic mass is 16.5. The Labute approximate surface area is 195 Å². The molecule has 2 aromatic carbocycles. The molecular formula is C28H31NO4. The van der Waals surface area contributed by atoms with Crippen LogP contribution < -0.4 is 10.1 Å². The van der Waals surface area contributed by atoms with Crippen molar-refractivity contribution >= 4 is 11.8 Å². The van der Waals surface area contributed by atoms with Gasteiger partial charge < -0.3 is 14.8 Å². The Bertz CT molecular complexity index is 1110. The van der Waals surface area contributed by atoms with Crippen LogP contribution in [0.1, 0.15) is 51.2 Å². The van der Waals surface area contributed by atoms with Gasteiger partial charge in [0, 0.05) is 23.7 Å². The number of carbonyl (C=O) groups excluding carboxylic acids is 2. The third-order valence-corrected chi connectivity index (χ3v) is 6.20. The van der Waals surface area contributed by atoms with Gasteiger partial charge in [0.15, 0.2) is 0 Å². The van der Waals surface area contributed by atoms with Gasteiger partial charge in [0.1, 0.15) is 18.1 Å². The third-order valence-electron chi connectivity index (χ3n) is 6.20. The summed E-state index contributed by atoms with van der Waals surface area (Å²) in [7, 11) is 0. The predicted octanol–water partition coefficient (Wildman–Crippen LogP) is 5.29. The minimum absolute atomic E-state index is 0.123. The summed E-state index contributed by atoms with van der Waals surface area (Å²) in [4.78, 5) is 26.8. The van der Waals surface area contributed by atoms with Crippen molar-refractivity contribution < 1.29 is 19.1 Å². The first-order valence-electron chi connectivity index (χ1n) is 11.5. The highest BCUT2D eigenvalue weighted by Gasteiger charge is 2.46. The molecule has 1 N–H and O–H groups in total. The number of allylic oxidation sites excluding steroid dienone is 3. The van der Waals surface area contributed by atoms with Crippen LogP contribution in [0.4, 0.5) is 0 Å². The van der Waals surface area contributed by atoms with Gasteiger partial charge in [-0.3, -0.25) is 4.79 Å². The number of hydrogen-bond donors (Lipinski definition) is 1. The van der Waals surface area contributed by atoms with Gasteiger partial charge in [-0.05, 0) is 42.5 Å². The van der Waals surface area contributed by atoms with E-state index in [1.807, 2.05) is 68.4 Å². The number of ketones is 1. The van der Waals surface area contributed by atoms with Crippen molar-refractivity contribution in [2.45, 2.75) is 46.6 Å². The van der Waals surface area contributed by atoms with E-state index in [1.54, 1.807) is 0 Å². The zero-order valence-electron chi connectivity index (χ0n) is 19.7. The van der Waals surface area contributed by atoms with E-state index in [4.69, 9.17) is 9.47 Å². The van der Waals surface area contributed by atoms with Crippen molar-refractivity contribution in [1.29, 1.82) is 0 Å². The van der Waals surface area contributed by atoms with Gasteiger partial charge in [0.05, 0.1) is 18.1 Å². The summed E-state index contributed by atoms with van der Waals surface area (Å²) in [6, 6.07) is 17.3. The topological polar surface area (TPSA) is 64.6 Å². The molecule has 172 valence electrons. The molecule has 5 nitrogen and oxygen atoms in total. The molecule has 0 saturated carbocycles. The quantitative estimate of drug-likeness (QED) is 0.612. The van der Waals surface area contributed by atoms with E-state index in [0.717, 1.165) is 22.6 Å². The number of Topliss-reactive ketones (excluding diaryl/α,β-unsaturated/α-hetero) is 1. The van der Waals surface area contributed by atoms with Crippen LogP contribution in [0.25, 0.3) is 0 Å². The number of rotatable bonds is 6. The Morgan fingerprint density at radius 3 is 2.58 bits per heavy atom. The fourth-order valence-electron chi connectivity index (χ4n) is 4.86. The van der Waals surface area contributed by atoms with Crippen LogP contribution in [0, 0.1) is 11.3 Å². The maximum Gasteiger partial charge on any atom is 0.336 e. The summed E-state index contributed by atoms with van der Waals surface area (Å²) >= 11 is 0. The van der Waals surface area contributed by atoms with Crippen LogP contribution >= 0.6 is 0 Å².